The highest BCUT2D eigenvalue weighted by molar-refractivity contribution is 9.10. The van der Waals surface area contributed by atoms with Crippen LogP contribution in [0.5, 0.6) is 0 Å². The Kier molecular flexibility index (Phi) is 5.30. The van der Waals surface area contributed by atoms with Gasteiger partial charge in [0.15, 0.2) is 11.3 Å². The lowest BCUT2D eigenvalue weighted by atomic mass is 10.1. The van der Waals surface area contributed by atoms with Crippen LogP contribution in [0.15, 0.2) is 41.0 Å². The number of rotatable bonds is 3. The van der Waals surface area contributed by atoms with E-state index in [1.165, 1.54) is 6.20 Å². The molecule has 0 unspecified atom stereocenters. The number of benzene rings is 1. The van der Waals surface area contributed by atoms with Gasteiger partial charge in [-0.05, 0) is 18.2 Å². The smallest absolute Gasteiger partial charge is 0.378 e. The average molecular weight is 469 g/mol. The van der Waals surface area contributed by atoms with Crippen molar-refractivity contribution in [1.29, 1.82) is 0 Å². The van der Waals surface area contributed by atoms with Crippen LogP contribution in [0.3, 0.4) is 0 Å². The van der Waals surface area contributed by atoms with E-state index < -0.39 is 11.9 Å². The van der Waals surface area contributed by atoms with Crippen LogP contribution in [0.2, 0.25) is 0 Å². The first-order chi connectivity index (χ1) is 13.8. The molecule has 1 aromatic carbocycles. The number of ether oxygens (including phenoxy) is 1. The molecule has 10 heteroatoms. The minimum Gasteiger partial charge on any atom is -0.378 e. The first-order valence-corrected chi connectivity index (χ1v) is 9.68. The van der Waals surface area contributed by atoms with Crippen LogP contribution in [0.1, 0.15) is 11.3 Å². The molecule has 29 heavy (non-hydrogen) atoms. The molecular formula is C19H16BrF3N4O2. The molecule has 2 aromatic heterocycles. The number of nitrogens with zero attached hydrogens (tertiary/aromatic N) is 4. The van der Waals surface area contributed by atoms with Crippen molar-refractivity contribution in [1.82, 2.24) is 19.5 Å². The summed E-state index contributed by atoms with van der Waals surface area (Å²) in [6, 6.07) is 7.79. The molecule has 0 saturated carbocycles. The van der Waals surface area contributed by atoms with E-state index in [1.807, 2.05) is 0 Å². The number of hydrogen-bond acceptors (Lipinski definition) is 4. The number of carbonyl (C=O) groups excluding carboxylic acids is 1. The summed E-state index contributed by atoms with van der Waals surface area (Å²) < 4.78 is 47.8. The van der Waals surface area contributed by atoms with Gasteiger partial charge in [-0.25, -0.2) is 9.50 Å². The zero-order valence-electron chi connectivity index (χ0n) is 15.1. The molecule has 0 aliphatic carbocycles. The minimum atomic E-state index is -4.62. The Hall–Kier alpha value is -2.46. The number of aromatic nitrogens is 3. The number of halogens is 4. The summed E-state index contributed by atoms with van der Waals surface area (Å²) in [4.78, 5) is 18.6. The molecule has 6 nitrogen and oxygen atoms in total. The second-order valence-corrected chi connectivity index (χ2v) is 7.52. The fourth-order valence-electron chi connectivity index (χ4n) is 3.19. The molecule has 0 spiro atoms. The summed E-state index contributed by atoms with van der Waals surface area (Å²) in [5.74, 6) is -0.187. The van der Waals surface area contributed by atoms with Crippen molar-refractivity contribution in [2.24, 2.45) is 0 Å². The molecule has 3 heterocycles. The van der Waals surface area contributed by atoms with Gasteiger partial charge in [0.05, 0.1) is 31.5 Å². The Morgan fingerprint density at radius 3 is 2.52 bits per heavy atom. The van der Waals surface area contributed by atoms with E-state index in [-0.39, 0.29) is 23.7 Å². The lowest BCUT2D eigenvalue weighted by Gasteiger charge is -2.26. The van der Waals surface area contributed by atoms with Crippen molar-refractivity contribution in [3.05, 3.63) is 52.3 Å². The monoisotopic (exact) mass is 468 g/mol. The topological polar surface area (TPSA) is 59.7 Å². The number of hydrogen-bond donors (Lipinski definition) is 0. The molecule has 1 aliphatic rings. The van der Waals surface area contributed by atoms with Crippen molar-refractivity contribution in [3.63, 3.8) is 0 Å². The van der Waals surface area contributed by atoms with Crippen molar-refractivity contribution in [2.75, 3.05) is 26.3 Å². The molecule has 0 radical (unpaired) electrons. The van der Waals surface area contributed by atoms with Crippen LogP contribution in [0.25, 0.3) is 16.9 Å². The van der Waals surface area contributed by atoms with E-state index in [0.29, 0.717) is 37.4 Å². The van der Waals surface area contributed by atoms with Gasteiger partial charge < -0.3 is 9.64 Å². The van der Waals surface area contributed by atoms with Crippen LogP contribution >= 0.6 is 15.9 Å². The van der Waals surface area contributed by atoms with Gasteiger partial charge in [0.25, 0.3) is 0 Å². The van der Waals surface area contributed by atoms with Crippen LogP contribution in [0, 0.1) is 0 Å². The maximum absolute atomic E-state index is 13.7. The Morgan fingerprint density at radius 1 is 1.17 bits per heavy atom. The molecule has 4 rings (SSSR count). The minimum absolute atomic E-state index is 0.0272. The van der Waals surface area contributed by atoms with E-state index in [1.54, 1.807) is 29.2 Å². The van der Waals surface area contributed by atoms with E-state index >= 15 is 0 Å². The Morgan fingerprint density at radius 2 is 1.86 bits per heavy atom. The van der Waals surface area contributed by atoms with Gasteiger partial charge in [-0.3, -0.25) is 4.79 Å². The quantitative estimate of drug-likeness (QED) is 0.589. The second kappa shape index (κ2) is 7.75. The third-order valence-corrected chi connectivity index (χ3v) is 5.21. The number of amides is 1. The average Bonchev–Trinajstić information content (AvgIpc) is 3.10. The van der Waals surface area contributed by atoms with Gasteiger partial charge >= 0.3 is 6.18 Å². The van der Waals surface area contributed by atoms with Gasteiger partial charge in [0, 0.05) is 28.7 Å². The Bertz CT molecular complexity index is 1040. The molecule has 1 saturated heterocycles. The standard InChI is InChI=1S/C19H16BrF3N4O2/c20-14-3-1-12(2-4-14)15-10-16(19(21,22)23)27-18(25-15)13(11-24-27)9-17(28)26-5-7-29-8-6-26/h1-4,10-11H,5-9H2. The highest BCUT2D eigenvalue weighted by Gasteiger charge is 2.35. The van der Waals surface area contributed by atoms with Crippen molar-refractivity contribution >= 4 is 27.5 Å². The molecular weight excluding hydrogens is 453 g/mol. The van der Waals surface area contributed by atoms with Crippen LogP contribution in [0.4, 0.5) is 13.2 Å². The zero-order chi connectivity index (χ0) is 20.6. The van der Waals surface area contributed by atoms with E-state index in [9.17, 15) is 18.0 Å². The maximum Gasteiger partial charge on any atom is 0.433 e. The summed E-state index contributed by atoms with van der Waals surface area (Å²) in [6.07, 6.45) is -3.41. The third-order valence-electron chi connectivity index (χ3n) is 4.68. The Labute approximate surface area is 172 Å². The molecule has 1 aliphatic heterocycles. The number of morpholine rings is 1. The maximum atomic E-state index is 13.7. The molecule has 3 aromatic rings. The fourth-order valence-corrected chi connectivity index (χ4v) is 3.46. The first kappa shape index (κ1) is 19.8. The fraction of sp³-hybridized carbons (Fsp3) is 0.316. The molecule has 152 valence electrons. The van der Waals surface area contributed by atoms with E-state index in [0.717, 1.165) is 15.1 Å². The Balaban J connectivity index is 1.77. The second-order valence-electron chi connectivity index (χ2n) is 6.61. The largest absolute Gasteiger partial charge is 0.433 e. The number of alkyl halides is 3. The van der Waals surface area contributed by atoms with E-state index in [4.69, 9.17) is 4.74 Å². The van der Waals surface area contributed by atoms with Gasteiger partial charge in [0.1, 0.15) is 0 Å². The lowest BCUT2D eigenvalue weighted by Crippen LogP contribution is -2.41. The summed E-state index contributed by atoms with van der Waals surface area (Å²) in [5, 5.41) is 3.86. The lowest BCUT2D eigenvalue weighted by molar-refractivity contribution is -0.142. The van der Waals surface area contributed by atoms with Gasteiger partial charge in [0.2, 0.25) is 5.91 Å². The third kappa shape index (κ3) is 4.13. The van der Waals surface area contributed by atoms with Crippen LogP contribution in [-0.4, -0.2) is 51.7 Å². The van der Waals surface area contributed by atoms with Gasteiger partial charge in [-0.2, -0.15) is 18.3 Å². The van der Waals surface area contributed by atoms with Crippen LogP contribution in [-0.2, 0) is 22.1 Å². The van der Waals surface area contributed by atoms with Crippen molar-refractivity contribution < 1.29 is 22.7 Å². The summed E-state index contributed by atoms with van der Waals surface area (Å²) >= 11 is 3.31. The van der Waals surface area contributed by atoms with Gasteiger partial charge in [-0.1, -0.05) is 28.1 Å². The normalized spacial score (nSPS) is 15.1. The summed E-state index contributed by atoms with van der Waals surface area (Å²) in [7, 11) is 0. The molecule has 1 fully saturated rings. The highest BCUT2D eigenvalue weighted by Crippen LogP contribution is 2.33. The van der Waals surface area contributed by atoms with Crippen molar-refractivity contribution in [2.45, 2.75) is 12.6 Å². The predicted molar refractivity (Wildman–Crippen MR) is 102 cm³/mol. The highest BCUT2D eigenvalue weighted by atomic mass is 79.9. The predicted octanol–water partition coefficient (Wildman–Crippen LogP) is 3.58. The zero-order valence-corrected chi connectivity index (χ0v) is 16.7. The number of carbonyl (C=O) groups is 1. The van der Waals surface area contributed by atoms with Crippen molar-refractivity contribution in [3.8, 4) is 11.3 Å². The van der Waals surface area contributed by atoms with Crippen LogP contribution < -0.4 is 0 Å². The molecule has 1 amide bonds. The molecule has 0 bridgehead atoms. The first-order valence-electron chi connectivity index (χ1n) is 8.89. The molecule has 0 atom stereocenters. The SMILES string of the molecule is O=C(Cc1cnn2c(C(F)(F)F)cc(-c3ccc(Br)cc3)nc12)N1CCOCC1. The molecule has 0 N–H and O–H groups in total. The van der Waals surface area contributed by atoms with Gasteiger partial charge in [-0.15, -0.1) is 0 Å². The number of fused-ring (bicyclic) bond motifs is 1. The van der Waals surface area contributed by atoms with E-state index in [2.05, 4.69) is 26.0 Å². The summed E-state index contributed by atoms with van der Waals surface area (Å²) in [5.41, 5.74) is 0.140. The summed E-state index contributed by atoms with van der Waals surface area (Å²) in [6.45, 7) is 1.82.